The molecule has 1 aliphatic carbocycles. The van der Waals surface area contributed by atoms with Gasteiger partial charge >= 0.3 is 0 Å². The highest BCUT2D eigenvalue weighted by molar-refractivity contribution is 5.97. The molecule has 1 saturated carbocycles. The first-order chi connectivity index (χ1) is 13.2. The second kappa shape index (κ2) is 12.3. The van der Waals surface area contributed by atoms with Gasteiger partial charge in [0, 0.05) is 0 Å². The van der Waals surface area contributed by atoms with Crippen LogP contribution in [0.3, 0.4) is 0 Å². The van der Waals surface area contributed by atoms with Crippen molar-refractivity contribution in [1.29, 1.82) is 5.26 Å². The maximum absolute atomic E-state index is 12.6. The molecule has 1 fully saturated rings. The van der Waals surface area contributed by atoms with Gasteiger partial charge in [0.25, 0.3) is 5.91 Å². The number of benzene rings is 1. The van der Waals surface area contributed by atoms with Gasteiger partial charge in [0.05, 0.1) is 6.04 Å². The molecule has 1 aromatic carbocycles. The molecule has 2 rings (SSSR count). The molecule has 0 bridgehead atoms. The minimum atomic E-state index is -0.250. The zero-order valence-corrected chi connectivity index (χ0v) is 16.8. The lowest BCUT2D eigenvalue weighted by molar-refractivity contribution is -0.117. The van der Waals surface area contributed by atoms with Crippen LogP contribution in [0.1, 0.15) is 89.2 Å². The summed E-state index contributed by atoms with van der Waals surface area (Å²) < 4.78 is 0. The van der Waals surface area contributed by atoms with Crippen molar-refractivity contribution in [1.82, 2.24) is 5.32 Å². The minimum Gasteiger partial charge on any atom is -0.345 e. The number of amides is 1. The number of hydrogen-bond donors (Lipinski definition) is 1. The van der Waals surface area contributed by atoms with Crippen molar-refractivity contribution in [3.8, 4) is 6.07 Å². The van der Waals surface area contributed by atoms with Crippen LogP contribution in [0, 0.1) is 17.2 Å². The van der Waals surface area contributed by atoms with Crippen LogP contribution in [0.2, 0.25) is 0 Å². The third-order valence-corrected chi connectivity index (χ3v) is 5.56. The fraction of sp³-hybridized carbons (Fsp3) is 0.583. The van der Waals surface area contributed by atoms with Crippen molar-refractivity contribution >= 4 is 5.91 Å². The lowest BCUT2D eigenvalue weighted by Gasteiger charge is -2.16. The zero-order valence-electron chi connectivity index (χ0n) is 16.8. The highest BCUT2D eigenvalue weighted by Crippen LogP contribution is 2.23. The van der Waals surface area contributed by atoms with E-state index in [0.717, 1.165) is 18.4 Å². The molecule has 0 aromatic heterocycles. The Labute approximate surface area is 164 Å². The van der Waals surface area contributed by atoms with E-state index >= 15 is 0 Å². The largest absolute Gasteiger partial charge is 0.345 e. The maximum atomic E-state index is 12.6. The van der Waals surface area contributed by atoms with Crippen molar-refractivity contribution in [2.24, 2.45) is 5.92 Å². The normalized spacial score (nSPS) is 19.2. The third-order valence-electron chi connectivity index (χ3n) is 5.56. The predicted molar refractivity (Wildman–Crippen MR) is 111 cm³/mol. The molecule has 1 unspecified atom stereocenters. The Bertz CT molecular complexity index is 618. The van der Waals surface area contributed by atoms with E-state index in [4.69, 9.17) is 0 Å². The summed E-state index contributed by atoms with van der Waals surface area (Å²) in [6, 6.07) is 11.9. The van der Waals surface area contributed by atoms with Gasteiger partial charge in [-0.15, -0.1) is 0 Å². The van der Waals surface area contributed by atoms with Gasteiger partial charge in [0.1, 0.15) is 11.6 Å². The summed E-state index contributed by atoms with van der Waals surface area (Å²) in [6.07, 6.45) is 15.8. The fourth-order valence-electron chi connectivity index (χ4n) is 3.86. The van der Waals surface area contributed by atoms with Crippen LogP contribution in [0.15, 0.2) is 42.0 Å². The number of allylic oxidation sites excluding steroid dienone is 1. The number of rotatable bonds is 4. The maximum Gasteiger partial charge on any atom is 0.262 e. The highest BCUT2D eigenvalue weighted by Gasteiger charge is 2.16. The van der Waals surface area contributed by atoms with E-state index < -0.39 is 0 Å². The fourth-order valence-corrected chi connectivity index (χ4v) is 3.86. The van der Waals surface area contributed by atoms with Gasteiger partial charge in [-0.25, -0.2) is 0 Å². The smallest absolute Gasteiger partial charge is 0.262 e. The topological polar surface area (TPSA) is 52.9 Å². The third kappa shape index (κ3) is 7.99. The molecule has 1 aliphatic rings. The summed E-state index contributed by atoms with van der Waals surface area (Å²) in [5.74, 6) is 0.0943. The quantitative estimate of drug-likeness (QED) is 0.507. The molecule has 1 atom stereocenters. The average Bonchev–Trinajstić information content (AvgIpc) is 2.68. The van der Waals surface area contributed by atoms with Crippen LogP contribution >= 0.6 is 0 Å². The standard InChI is InChI=1S/C24H34N2O/c1-20(22-16-12-9-13-17-22)26-24(27)23(19-25)18-21-14-10-7-5-3-2-4-6-8-11-15-21/h9,12-13,16-18,20-21H,2-8,10-11,14-15H2,1H3,(H,26,27)/b23-18+. The van der Waals surface area contributed by atoms with Crippen LogP contribution in [0.4, 0.5) is 0 Å². The SMILES string of the molecule is CC(NC(=O)/C(C#N)=C/C1CCCCCCCCCCC1)c1ccccc1. The van der Waals surface area contributed by atoms with Gasteiger partial charge in [-0.2, -0.15) is 5.26 Å². The van der Waals surface area contributed by atoms with Crippen molar-refractivity contribution < 1.29 is 4.79 Å². The summed E-state index contributed by atoms with van der Waals surface area (Å²) in [5.41, 5.74) is 1.32. The molecule has 1 aromatic rings. The van der Waals surface area contributed by atoms with Crippen LogP contribution < -0.4 is 5.32 Å². The van der Waals surface area contributed by atoms with Crippen LogP contribution in [0.5, 0.6) is 0 Å². The van der Waals surface area contributed by atoms with E-state index in [0.29, 0.717) is 5.92 Å². The number of nitrogens with zero attached hydrogens (tertiary/aromatic N) is 1. The van der Waals surface area contributed by atoms with Crippen LogP contribution in [0.25, 0.3) is 0 Å². The van der Waals surface area contributed by atoms with Crippen molar-refractivity contribution in [3.63, 3.8) is 0 Å². The van der Waals surface area contributed by atoms with Gasteiger partial charge in [-0.1, -0.05) is 94.2 Å². The summed E-state index contributed by atoms with van der Waals surface area (Å²) in [4.78, 5) is 12.6. The van der Waals surface area contributed by atoms with Gasteiger partial charge in [-0.05, 0) is 31.2 Å². The Hall–Kier alpha value is -2.08. The molecule has 1 N–H and O–H groups in total. The van der Waals surface area contributed by atoms with Crippen molar-refractivity contribution in [2.75, 3.05) is 0 Å². The lowest BCUT2D eigenvalue weighted by atomic mass is 9.91. The number of carbonyl (C=O) groups excluding carboxylic acids is 1. The molecule has 146 valence electrons. The summed E-state index contributed by atoms with van der Waals surface area (Å²) >= 11 is 0. The van der Waals surface area contributed by atoms with E-state index in [2.05, 4.69) is 11.4 Å². The average molecular weight is 367 g/mol. The molecule has 0 spiro atoms. The van der Waals surface area contributed by atoms with Gasteiger partial charge in [-0.3, -0.25) is 4.79 Å². The van der Waals surface area contributed by atoms with E-state index in [1.807, 2.05) is 43.3 Å². The summed E-state index contributed by atoms with van der Waals surface area (Å²) in [7, 11) is 0. The number of nitrogens with one attached hydrogen (secondary N) is 1. The highest BCUT2D eigenvalue weighted by atomic mass is 16.1. The number of carbonyl (C=O) groups is 1. The van der Waals surface area contributed by atoms with Gasteiger partial charge in [0.2, 0.25) is 0 Å². The summed E-state index contributed by atoms with van der Waals surface area (Å²) in [5, 5.41) is 12.5. The molecular weight excluding hydrogens is 332 g/mol. The van der Waals surface area contributed by atoms with Crippen LogP contribution in [-0.4, -0.2) is 5.91 Å². The molecule has 3 heteroatoms. The second-order valence-electron chi connectivity index (χ2n) is 7.82. The van der Waals surface area contributed by atoms with Crippen molar-refractivity contribution in [3.05, 3.63) is 47.5 Å². The van der Waals surface area contributed by atoms with Crippen LogP contribution in [-0.2, 0) is 4.79 Å². The first-order valence-corrected chi connectivity index (χ1v) is 10.7. The predicted octanol–water partition coefficient (Wildman–Crippen LogP) is 6.23. The van der Waals surface area contributed by atoms with E-state index in [-0.39, 0.29) is 17.5 Å². The Balaban J connectivity index is 1.97. The zero-order chi connectivity index (χ0) is 19.3. The lowest BCUT2D eigenvalue weighted by Crippen LogP contribution is -2.28. The molecule has 0 radical (unpaired) electrons. The number of hydrogen-bond acceptors (Lipinski definition) is 2. The van der Waals surface area contributed by atoms with Crippen molar-refractivity contribution in [2.45, 2.75) is 83.6 Å². The van der Waals surface area contributed by atoms with E-state index in [1.54, 1.807) is 0 Å². The molecule has 3 nitrogen and oxygen atoms in total. The first kappa shape index (κ1) is 21.2. The Morgan fingerprint density at radius 1 is 1.00 bits per heavy atom. The minimum absolute atomic E-state index is 0.105. The van der Waals surface area contributed by atoms with E-state index in [1.165, 1.54) is 57.8 Å². The first-order valence-electron chi connectivity index (χ1n) is 10.7. The van der Waals surface area contributed by atoms with E-state index in [9.17, 15) is 10.1 Å². The Morgan fingerprint density at radius 3 is 2.04 bits per heavy atom. The summed E-state index contributed by atoms with van der Waals surface area (Å²) in [6.45, 7) is 1.96. The van der Waals surface area contributed by atoms with Gasteiger partial charge < -0.3 is 5.32 Å². The molecule has 0 saturated heterocycles. The number of nitriles is 1. The molecule has 0 aliphatic heterocycles. The molecule has 0 heterocycles. The second-order valence-corrected chi connectivity index (χ2v) is 7.82. The Morgan fingerprint density at radius 2 is 1.52 bits per heavy atom. The monoisotopic (exact) mass is 366 g/mol. The van der Waals surface area contributed by atoms with Gasteiger partial charge in [0.15, 0.2) is 0 Å². The Kier molecular flexibility index (Phi) is 9.69. The molecule has 1 amide bonds. The molecule has 27 heavy (non-hydrogen) atoms. The molecular formula is C24H34N2O.